The van der Waals surface area contributed by atoms with Crippen molar-refractivity contribution in [2.24, 2.45) is 5.92 Å². The average molecular weight is 255 g/mol. The number of rotatable bonds is 8. The minimum Gasteiger partial charge on any atom is -0.461 e. The van der Waals surface area contributed by atoms with Gasteiger partial charge >= 0.3 is 5.97 Å². The Bertz CT molecular complexity index is 297. The number of esters is 1. The Kier molecular flexibility index (Phi) is 8.08. The van der Waals surface area contributed by atoms with Gasteiger partial charge < -0.3 is 9.64 Å². The van der Waals surface area contributed by atoms with E-state index in [9.17, 15) is 9.59 Å². The van der Waals surface area contributed by atoms with Gasteiger partial charge in [-0.2, -0.15) is 0 Å². The highest BCUT2D eigenvalue weighted by Crippen LogP contribution is 2.05. The molecule has 0 aliphatic rings. The standard InChI is InChI=1S/C14H25NO3/c1-6-8-15(7-2)14(17)12(5)10-18-13(16)9-11(3)4/h11H,5-10H2,1-4H3. The Balaban J connectivity index is 4.15. The second-order valence-corrected chi connectivity index (χ2v) is 4.75. The summed E-state index contributed by atoms with van der Waals surface area (Å²) >= 11 is 0. The first-order valence-electron chi connectivity index (χ1n) is 6.54. The van der Waals surface area contributed by atoms with Gasteiger partial charge in [-0.25, -0.2) is 0 Å². The Labute approximate surface area is 110 Å². The van der Waals surface area contributed by atoms with Crippen molar-refractivity contribution in [1.29, 1.82) is 0 Å². The van der Waals surface area contributed by atoms with E-state index in [1.165, 1.54) is 0 Å². The van der Waals surface area contributed by atoms with E-state index < -0.39 is 0 Å². The van der Waals surface area contributed by atoms with E-state index in [1.54, 1.807) is 4.90 Å². The van der Waals surface area contributed by atoms with Gasteiger partial charge in [0.1, 0.15) is 6.61 Å². The zero-order valence-corrected chi connectivity index (χ0v) is 12.0. The van der Waals surface area contributed by atoms with Crippen LogP contribution in [-0.2, 0) is 14.3 Å². The molecule has 104 valence electrons. The van der Waals surface area contributed by atoms with Crippen LogP contribution in [0.15, 0.2) is 12.2 Å². The Hall–Kier alpha value is -1.32. The fourth-order valence-corrected chi connectivity index (χ4v) is 1.52. The van der Waals surface area contributed by atoms with Crippen molar-refractivity contribution >= 4 is 11.9 Å². The molecule has 4 nitrogen and oxygen atoms in total. The van der Waals surface area contributed by atoms with Crippen LogP contribution in [0.5, 0.6) is 0 Å². The summed E-state index contributed by atoms with van der Waals surface area (Å²) in [6, 6.07) is 0. The number of ether oxygens (including phenoxy) is 1. The summed E-state index contributed by atoms with van der Waals surface area (Å²) < 4.78 is 5.02. The molecule has 0 aromatic carbocycles. The number of hydrogen-bond donors (Lipinski definition) is 0. The summed E-state index contributed by atoms with van der Waals surface area (Å²) in [5.74, 6) is -0.150. The Morgan fingerprint density at radius 3 is 2.33 bits per heavy atom. The molecular weight excluding hydrogens is 230 g/mol. The molecule has 1 amide bonds. The molecule has 0 fully saturated rings. The molecule has 18 heavy (non-hydrogen) atoms. The van der Waals surface area contributed by atoms with Gasteiger partial charge in [-0.3, -0.25) is 9.59 Å². The molecule has 0 aliphatic heterocycles. The van der Waals surface area contributed by atoms with Crippen LogP contribution in [0.4, 0.5) is 0 Å². The molecule has 0 aliphatic carbocycles. The highest BCUT2D eigenvalue weighted by Gasteiger charge is 2.16. The smallest absolute Gasteiger partial charge is 0.306 e. The van der Waals surface area contributed by atoms with E-state index in [0.717, 1.165) is 6.42 Å². The van der Waals surface area contributed by atoms with Crippen molar-refractivity contribution in [3.05, 3.63) is 12.2 Å². The molecule has 0 saturated heterocycles. The number of carbonyl (C=O) groups excluding carboxylic acids is 2. The minimum atomic E-state index is -0.280. The summed E-state index contributed by atoms with van der Waals surface area (Å²) in [5, 5.41) is 0. The average Bonchev–Trinajstić information content (AvgIpc) is 2.31. The number of amides is 1. The Morgan fingerprint density at radius 1 is 1.28 bits per heavy atom. The van der Waals surface area contributed by atoms with Crippen molar-refractivity contribution in [2.75, 3.05) is 19.7 Å². The largest absolute Gasteiger partial charge is 0.461 e. The van der Waals surface area contributed by atoms with E-state index in [4.69, 9.17) is 4.74 Å². The highest BCUT2D eigenvalue weighted by atomic mass is 16.5. The topological polar surface area (TPSA) is 46.6 Å². The van der Waals surface area contributed by atoms with E-state index >= 15 is 0 Å². The molecule has 0 saturated carbocycles. The second-order valence-electron chi connectivity index (χ2n) is 4.75. The van der Waals surface area contributed by atoms with E-state index in [2.05, 4.69) is 6.58 Å². The number of likely N-dealkylation sites (N-methyl/N-ethyl adjacent to an activating group) is 1. The minimum absolute atomic E-state index is 0.00932. The van der Waals surface area contributed by atoms with Crippen LogP contribution in [0.3, 0.4) is 0 Å². The highest BCUT2D eigenvalue weighted by molar-refractivity contribution is 5.93. The van der Waals surface area contributed by atoms with Crippen molar-refractivity contribution in [1.82, 2.24) is 4.90 Å². The molecule has 0 unspecified atom stereocenters. The van der Waals surface area contributed by atoms with Crippen LogP contribution in [0, 0.1) is 5.92 Å². The van der Waals surface area contributed by atoms with Crippen molar-refractivity contribution < 1.29 is 14.3 Å². The quantitative estimate of drug-likeness (QED) is 0.494. The molecule has 0 heterocycles. The predicted octanol–water partition coefficient (Wildman–Crippen LogP) is 2.39. The predicted molar refractivity (Wildman–Crippen MR) is 72.1 cm³/mol. The molecule has 0 aromatic heterocycles. The molecule has 0 spiro atoms. The first kappa shape index (κ1) is 16.7. The van der Waals surface area contributed by atoms with E-state index in [0.29, 0.717) is 25.1 Å². The van der Waals surface area contributed by atoms with E-state index in [1.807, 2.05) is 27.7 Å². The zero-order chi connectivity index (χ0) is 14.1. The third-order valence-corrected chi connectivity index (χ3v) is 2.45. The monoisotopic (exact) mass is 255 g/mol. The molecule has 0 atom stereocenters. The van der Waals surface area contributed by atoms with Gasteiger partial charge in [-0.15, -0.1) is 0 Å². The van der Waals surface area contributed by atoms with E-state index in [-0.39, 0.29) is 24.4 Å². The number of hydrogen-bond acceptors (Lipinski definition) is 3. The number of nitrogens with zero attached hydrogens (tertiary/aromatic N) is 1. The lowest BCUT2D eigenvalue weighted by atomic mass is 10.1. The normalized spacial score (nSPS) is 10.3. The third kappa shape index (κ3) is 6.42. The summed E-state index contributed by atoms with van der Waals surface area (Å²) in [4.78, 5) is 25.0. The van der Waals surface area contributed by atoms with Gasteiger partial charge in [0.2, 0.25) is 0 Å². The van der Waals surface area contributed by atoms with Gasteiger partial charge in [-0.1, -0.05) is 27.4 Å². The van der Waals surface area contributed by atoms with Gasteiger partial charge in [-0.05, 0) is 19.3 Å². The summed E-state index contributed by atoms with van der Waals surface area (Å²) in [6.45, 7) is 12.9. The maximum Gasteiger partial charge on any atom is 0.306 e. The molecule has 0 radical (unpaired) electrons. The molecule has 0 aromatic rings. The SMILES string of the molecule is C=C(COC(=O)CC(C)C)C(=O)N(CC)CCC. The summed E-state index contributed by atoms with van der Waals surface area (Å²) in [6.07, 6.45) is 1.27. The molecule has 0 bridgehead atoms. The Morgan fingerprint density at radius 2 is 1.89 bits per heavy atom. The maximum atomic E-state index is 11.9. The summed E-state index contributed by atoms with van der Waals surface area (Å²) in [5.41, 5.74) is 0.336. The molecule has 4 heteroatoms. The first-order chi connectivity index (χ1) is 8.42. The maximum absolute atomic E-state index is 11.9. The van der Waals surface area contributed by atoms with Crippen LogP contribution >= 0.6 is 0 Å². The fourth-order valence-electron chi connectivity index (χ4n) is 1.52. The van der Waals surface area contributed by atoms with Crippen LogP contribution in [0.1, 0.15) is 40.5 Å². The molecular formula is C14H25NO3. The lowest BCUT2D eigenvalue weighted by Gasteiger charge is -2.21. The molecule has 0 rings (SSSR count). The second kappa shape index (κ2) is 8.72. The van der Waals surface area contributed by atoms with Crippen LogP contribution in [-0.4, -0.2) is 36.5 Å². The van der Waals surface area contributed by atoms with Gasteiger partial charge in [0, 0.05) is 25.1 Å². The lowest BCUT2D eigenvalue weighted by molar-refractivity contribution is -0.144. The van der Waals surface area contributed by atoms with Gasteiger partial charge in [0.15, 0.2) is 0 Å². The van der Waals surface area contributed by atoms with Gasteiger partial charge in [0.25, 0.3) is 5.91 Å². The fraction of sp³-hybridized carbons (Fsp3) is 0.714. The zero-order valence-electron chi connectivity index (χ0n) is 12.0. The van der Waals surface area contributed by atoms with Crippen molar-refractivity contribution in [3.63, 3.8) is 0 Å². The third-order valence-electron chi connectivity index (χ3n) is 2.45. The molecule has 0 N–H and O–H groups in total. The van der Waals surface area contributed by atoms with Crippen molar-refractivity contribution in [3.8, 4) is 0 Å². The van der Waals surface area contributed by atoms with Crippen molar-refractivity contribution in [2.45, 2.75) is 40.5 Å². The van der Waals surface area contributed by atoms with Crippen LogP contribution in [0.25, 0.3) is 0 Å². The lowest BCUT2D eigenvalue weighted by Crippen LogP contribution is -2.33. The summed E-state index contributed by atoms with van der Waals surface area (Å²) in [7, 11) is 0. The first-order valence-corrected chi connectivity index (χ1v) is 6.54. The van der Waals surface area contributed by atoms with Gasteiger partial charge in [0.05, 0.1) is 0 Å². The van der Waals surface area contributed by atoms with Crippen LogP contribution < -0.4 is 0 Å². The number of carbonyl (C=O) groups is 2. The van der Waals surface area contributed by atoms with Crippen LogP contribution in [0.2, 0.25) is 0 Å².